The lowest BCUT2D eigenvalue weighted by Crippen LogP contribution is -2.62. The molecule has 0 aromatic heterocycles. The van der Waals surface area contributed by atoms with Gasteiger partial charge in [-0.2, -0.15) is 0 Å². The van der Waals surface area contributed by atoms with Crippen molar-refractivity contribution in [2.24, 2.45) is 10.8 Å². The average molecular weight is 731 g/mol. The summed E-state index contributed by atoms with van der Waals surface area (Å²) in [5.41, 5.74) is 0.414. The minimum Gasteiger partial charge on any atom is -0.450 e. The molecule has 6 heterocycles. The van der Waals surface area contributed by atoms with Gasteiger partial charge < -0.3 is 29.5 Å². The number of ether oxygens (including phenoxy) is 2. The number of carbonyl (C=O) groups is 3. The van der Waals surface area contributed by atoms with E-state index in [0.717, 1.165) is 97.2 Å². The molecule has 6 saturated heterocycles. The fourth-order valence-corrected chi connectivity index (χ4v) is 9.62. The van der Waals surface area contributed by atoms with Crippen molar-refractivity contribution in [1.29, 1.82) is 0 Å². The van der Waals surface area contributed by atoms with E-state index in [0.29, 0.717) is 61.9 Å². The Balaban J connectivity index is 0.000000145. The van der Waals surface area contributed by atoms with Crippen LogP contribution in [0.25, 0.3) is 0 Å². The molecule has 15 heteroatoms. The molecule has 0 bridgehead atoms. The van der Waals surface area contributed by atoms with Gasteiger partial charge >= 0.3 is 12.2 Å². The highest BCUT2D eigenvalue weighted by Gasteiger charge is 2.53. The number of nitrogens with zero attached hydrogens (tertiary/aromatic N) is 5. The van der Waals surface area contributed by atoms with E-state index in [1.807, 2.05) is 21.6 Å². The normalized spacial score (nSPS) is 31.7. The molecule has 2 aliphatic carbocycles. The van der Waals surface area contributed by atoms with Gasteiger partial charge in [0.2, 0.25) is 0 Å². The molecule has 6 aliphatic heterocycles. The second kappa shape index (κ2) is 15.6. The van der Waals surface area contributed by atoms with Gasteiger partial charge in [-0.05, 0) is 96.8 Å². The number of ketones is 1. The van der Waals surface area contributed by atoms with Crippen molar-refractivity contribution >= 4 is 18.0 Å². The molecule has 8 rings (SSSR count). The first-order valence-electron chi connectivity index (χ1n) is 19.3. The summed E-state index contributed by atoms with van der Waals surface area (Å²) in [5.74, 6) is -4.52. The van der Waals surface area contributed by atoms with E-state index in [-0.39, 0.29) is 43.8 Å². The first-order chi connectivity index (χ1) is 24.2. The third-order valence-corrected chi connectivity index (χ3v) is 12.5. The zero-order valence-corrected chi connectivity index (χ0v) is 30.5. The lowest BCUT2D eigenvalue weighted by Gasteiger charge is -2.53. The Hall–Kier alpha value is -2.23. The number of piperidine rings is 2. The largest absolute Gasteiger partial charge is 0.450 e. The molecule has 2 amide bonds. The molecule has 1 N–H and O–H groups in total. The Kier molecular flexibility index (Phi) is 11.8. The number of rotatable bonds is 5. The molecule has 0 aromatic rings. The van der Waals surface area contributed by atoms with Crippen LogP contribution in [0.1, 0.15) is 78.1 Å². The van der Waals surface area contributed by atoms with Crippen molar-refractivity contribution in [3.63, 3.8) is 0 Å². The van der Waals surface area contributed by atoms with Gasteiger partial charge in [0, 0.05) is 62.6 Å². The summed E-state index contributed by atoms with van der Waals surface area (Å²) in [5, 5.41) is 3.22. The second-order valence-corrected chi connectivity index (χ2v) is 16.5. The predicted octanol–water partition coefficient (Wildman–Crippen LogP) is 4.30. The number of amides is 2. The van der Waals surface area contributed by atoms with E-state index in [4.69, 9.17) is 9.47 Å². The predicted molar refractivity (Wildman–Crippen MR) is 182 cm³/mol. The third kappa shape index (κ3) is 9.29. The Labute approximate surface area is 299 Å². The molecule has 8 fully saturated rings. The monoisotopic (exact) mass is 730 g/mol. The topological polar surface area (TPSA) is 97.9 Å². The van der Waals surface area contributed by atoms with Gasteiger partial charge in [-0.3, -0.25) is 14.6 Å². The van der Waals surface area contributed by atoms with Crippen molar-refractivity contribution in [3.05, 3.63) is 0 Å². The Morgan fingerprint density at radius 3 is 1.55 bits per heavy atom. The minimum absolute atomic E-state index is 0.0162. The molecule has 51 heavy (non-hydrogen) atoms. The van der Waals surface area contributed by atoms with Crippen LogP contribution in [0.4, 0.5) is 27.2 Å². The number of hydrogen-bond acceptors (Lipinski definition) is 9. The first kappa shape index (κ1) is 38.5. The summed E-state index contributed by atoms with van der Waals surface area (Å²) in [6.45, 7) is 11.5. The van der Waals surface area contributed by atoms with Gasteiger partial charge in [-0.15, -0.1) is 0 Å². The van der Waals surface area contributed by atoms with Crippen LogP contribution in [0.3, 0.4) is 0 Å². The van der Waals surface area contributed by atoms with Crippen LogP contribution < -0.4 is 5.32 Å². The third-order valence-electron chi connectivity index (χ3n) is 12.5. The highest BCUT2D eigenvalue weighted by atomic mass is 19.3. The fraction of sp³-hybridized carbons (Fsp3) is 0.917. The molecule has 2 saturated carbocycles. The van der Waals surface area contributed by atoms with Crippen LogP contribution in [0.15, 0.2) is 0 Å². The van der Waals surface area contributed by atoms with E-state index in [1.54, 1.807) is 11.8 Å². The summed E-state index contributed by atoms with van der Waals surface area (Å²) in [6, 6.07) is 1.36. The number of carbonyl (C=O) groups excluding carboxylic acids is 3. The molecule has 0 atom stereocenters. The molecule has 0 aromatic carbocycles. The lowest BCUT2D eigenvalue weighted by molar-refractivity contribution is -0.153. The van der Waals surface area contributed by atoms with Crippen LogP contribution >= 0.6 is 0 Å². The van der Waals surface area contributed by atoms with Gasteiger partial charge in [-0.1, -0.05) is 0 Å². The van der Waals surface area contributed by atoms with Crippen LogP contribution in [0.2, 0.25) is 0 Å². The number of alkyl halides is 4. The van der Waals surface area contributed by atoms with Gasteiger partial charge in [0.1, 0.15) is 5.78 Å². The van der Waals surface area contributed by atoms with Crippen molar-refractivity contribution < 1.29 is 41.4 Å². The van der Waals surface area contributed by atoms with Crippen LogP contribution in [-0.2, 0) is 14.3 Å². The molecule has 290 valence electrons. The summed E-state index contributed by atoms with van der Waals surface area (Å²) in [6.07, 6.45) is 9.34. The van der Waals surface area contributed by atoms with E-state index in [2.05, 4.69) is 10.2 Å². The van der Waals surface area contributed by atoms with Gasteiger partial charge in [0.25, 0.3) is 11.8 Å². The maximum atomic E-state index is 13.0. The summed E-state index contributed by atoms with van der Waals surface area (Å²) in [7, 11) is 0. The second-order valence-electron chi connectivity index (χ2n) is 16.5. The molecule has 8 aliphatic rings. The number of halogens is 4. The molecule has 2 spiro atoms. The zero-order chi connectivity index (χ0) is 36.4. The quantitative estimate of drug-likeness (QED) is 0.416. The highest BCUT2D eigenvalue weighted by molar-refractivity contribution is 5.86. The highest BCUT2D eigenvalue weighted by Crippen LogP contribution is 2.51. The van der Waals surface area contributed by atoms with Crippen LogP contribution in [0, 0.1) is 10.8 Å². The Morgan fingerprint density at radius 1 is 0.647 bits per heavy atom. The maximum absolute atomic E-state index is 13.0. The van der Waals surface area contributed by atoms with E-state index >= 15 is 0 Å². The van der Waals surface area contributed by atoms with Crippen molar-refractivity contribution in [1.82, 2.24) is 29.8 Å². The van der Waals surface area contributed by atoms with E-state index in [1.165, 1.54) is 0 Å². The molecule has 0 radical (unpaired) electrons. The maximum Gasteiger partial charge on any atom is 0.409 e. The number of nitrogens with one attached hydrogen (secondary N) is 1. The number of likely N-dealkylation sites (tertiary alicyclic amines) is 5. The summed E-state index contributed by atoms with van der Waals surface area (Å²) >= 11 is 0. The lowest BCUT2D eigenvalue weighted by atomic mass is 9.64. The van der Waals surface area contributed by atoms with Crippen LogP contribution in [0.5, 0.6) is 0 Å². The van der Waals surface area contributed by atoms with Crippen molar-refractivity contribution in [3.8, 4) is 0 Å². The standard InChI is InChI=1S/C18H29F2N3O2.C10H15NO3.C8H14F2N2/c1-2-25-16(24)22-8-5-17(11-22)9-15(10-17)21-6-3-14(4-7-21)23-12-18(19,20)13-23;1-2-14-9(13)11-4-3-10(7-11)5-8(12)6-10;9-8(10)5-12(6-8)7-1-3-11-4-2-7/h14-15H,2-13H2,1H3;2-7H2,1H3;7,11H,1-6H2. The summed E-state index contributed by atoms with van der Waals surface area (Å²) < 4.78 is 61.1. The molecule has 11 nitrogen and oxygen atoms in total. The first-order valence-corrected chi connectivity index (χ1v) is 19.3. The number of hydrogen-bond donors (Lipinski definition) is 1. The van der Waals surface area contributed by atoms with Crippen molar-refractivity contribution in [2.45, 2.75) is 108 Å². The fourth-order valence-electron chi connectivity index (χ4n) is 9.62. The van der Waals surface area contributed by atoms with Gasteiger partial charge in [0.05, 0.1) is 39.4 Å². The van der Waals surface area contributed by atoms with E-state index in [9.17, 15) is 31.9 Å². The van der Waals surface area contributed by atoms with Crippen molar-refractivity contribution in [2.75, 3.05) is 91.8 Å². The minimum atomic E-state index is -2.45. The van der Waals surface area contributed by atoms with Gasteiger partial charge in [0.15, 0.2) is 0 Å². The Bertz CT molecular complexity index is 1220. The van der Waals surface area contributed by atoms with E-state index < -0.39 is 11.8 Å². The van der Waals surface area contributed by atoms with Gasteiger partial charge in [-0.25, -0.2) is 27.2 Å². The SMILES string of the molecule is CCOC(=O)N1CCC2(CC(=O)C2)C1.CCOC(=O)N1CCC2(CC(N3CCC(N4CC(F)(F)C4)CC3)C2)C1.FC1(F)CN(C2CCNCC2)C1. The zero-order valence-electron chi connectivity index (χ0n) is 30.5. The number of Topliss-reactive ketones (excluding diaryl/α,β-unsaturated/α-hetero) is 1. The smallest absolute Gasteiger partial charge is 0.409 e. The summed E-state index contributed by atoms with van der Waals surface area (Å²) in [4.78, 5) is 44.2. The van der Waals surface area contributed by atoms with Crippen LogP contribution in [-0.4, -0.2) is 164 Å². The molecular weight excluding hydrogens is 672 g/mol. The Morgan fingerprint density at radius 2 is 1.10 bits per heavy atom. The molecule has 0 unspecified atom stereocenters. The average Bonchev–Trinajstić information content (AvgIpc) is 3.70. The molecular formula is C36H58F4N6O5.